The van der Waals surface area contributed by atoms with Crippen molar-refractivity contribution in [1.29, 1.82) is 0 Å². The molecule has 88 valence electrons. The Bertz CT molecular complexity index is 344. The van der Waals surface area contributed by atoms with Gasteiger partial charge < -0.3 is 4.74 Å². The van der Waals surface area contributed by atoms with Gasteiger partial charge in [-0.3, -0.25) is 0 Å². The number of rotatable bonds is 6. The molecule has 0 aliphatic carbocycles. The molecule has 0 bridgehead atoms. The molecule has 0 aliphatic heterocycles. The Kier molecular flexibility index (Phi) is 5.62. The highest BCUT2D eigenvalue weighted by Crippen LogP contribution is 2.19. The second-order valence-corrected chi connectivity index (χ2v) is 3.69. The maximum Gasteiger partial charge on any atom is 0.134 e. The number of allylic oxidation sites excluding steroid dienone is 1. The average Bonchev–Trinajstić information content (AvgIpc) is 2.31. The summed E-state index contributed by atoms with van der Waals surface area (Å²) in [4.78, 5) is 0. The largest absolute Gasteiger partial charge is 0.493 e. The van der Waals surface area contributed by atoms with Gasteiger partial charge in [0, 0.05) is 0 Å². The predicted molar refractivity (Wildman–Crippen MR) is 65.5 cm³/mol. The van der Waals surface area contributed by atoms with Crippen molar-refractivity contribution in [3.05, 3.63) is 41.7 Å². The highest BCUT2D eigenvalue weighted by molar-refractivity contribution is 5.59. The van der Waals surface area contributed by atoms with Crippen LogP contribution < -0.4 is 0 Å². The molecule has 0 radical (unpaired) electrons. The van der Waals surface area contributed by atoms with E-state index < -0.39 is 0 Å². The lowest BCUT2D eigenvalue weighted by Crippen LogP contribution is -1.97. The van der Waals surface area contributed by atoms with Crippen LogP contribution in [0.3, 0.4) is 0 Å². The minimum Gasteiger partial charge on any atom is -0.493 e. The topological polar surface area (TPSA) is 9.23 Å². The van der Waals surface area contributed by atoms with Gasteiger partial charge in [0.25, 0.3) is 0 Å². The van der Waals surface area contributed by atoms with Crippen molar-refractivity contribution in [3.8, 4) is 0 Å². The molecule has 0 atom stereocenters. The molecule has 0 saturated carbocycles. The predicted octanol–water partition coefficient (Wildman–Crippen LogP) is 4.39. The maximum atomic E-state index is 13.5. The second-order valence-electron chi connectivity index (χ2n) is 3.69. The van der Waals surface area contributed by atoms with Crippen molar-refractivity contribution in [2.24, 2.45) is 0 Å². The molecule has 0 N–H and O–H groups in total. The molecule has 2 heteroatoms. The van der Waals surface area contributed by atoms with Gasteiger partial charge in [-0.25, -0.2) is 4.39 Å². The Morgan fingerprint density at radius 2 is 2.06 bits per heavy atom. The quantitative estimate of drug-likeness (QED) is 0.512. The minimum atomic E-state index is -0.230. The van der Waals surface area contributed by atoms with Crippen molar-refractivity contribution in [2.45, 2.75) is 33.1 Å². The summed E-state index contributed by atoms with van der Waals surface area (Å²) < 4.78 is 19.1. The number of hydrogen-bond donors (Lipinski definition) is 0. The molecule has 0 aromatic heterocycles. The lowest BCUT2D eigenvalue weighted by molar-refractivity contribution is 0.266. The standard InChI is InChI=1S/C14H19FO/c1-3-5-8-11-16-14(4-2)12-9-6-7-10-13(12)15/h4,6-7,9-10H,3,5,8,11H2,1-2H3. The van der Waals surface area contributed by atoms with Gasteiger partial charge in [0.05, 0.1) is 12.2 Å². The van der Waals surface area contributed by atoms with Crippen molar-refractivity contribution < 1.29 is 9.13 Å². The smallest absolute Gasteiger partial charge is 0.134 e. The van der Waals surface area contributed by atoms with E-state index in [1.54, 1.807) is 12.1 Å². The summed E-state index contributed by atoms with van der Waals surface area (Å²) in [5, 5.41) is 0. The van der Waals surface area contributed by atoms with Gasteiger partial charge in [0.1, 0.15) is 11.6 Å². The zero-order chi connectivity index (χ0) is 11.8. The van der Waals surface area contributed by atoms with Crippen LogP contribution in [0.4, 0.5) is 4.39 Å². The zero-order valence-electron chi connectivity index (χ0n) is 10.0. The molecule has 0 amide bonds. The Labute approximate surface area is 96.9 Å². The summed E-state index contributed by atoms with van der Waals surface area (Å²) in [5.74, 6) is 0.403. The summed E-state index contributed by atoms with van der Waals surface area (Å²) in [6.45, 7) is 4.66. The Morgan fingerprint density at radius 1 is 1.31 bits per heavy atom. The van der Waals surface area contributed by atoms with Crippen LogP contribution in [-0.2, 0) is 4.74 Å². The van der Waals surface area contributed by atoms with E-state index in [-0.39, 0.29) is 5.82 Å². The van der Waals surface area contributed by atoms with Crippen LogP contribution in [0.5, 0.6) is 0 Å². The number of benzene rings is 1. The first kappa shape index (κ1) is 12.8. The van der Waals surface area contributed by atoms with Gasteiger partial charge >= 0.3 is 0 Å². The average molecular weight is 222 g/mol. The third-order valence-electron chi connectivity index (χ3n) is 2.41. The van der Waals surface area contributed by atoms with Gasteiger partial charge in [0.2, 0.25) is 0 Å². The second kappa shape index (κ2) is 7.04. The molecule has 0 aliphatic rings. The monoisotopic (exact) mass is 222 g/mol. The number of ether oxygens (including phenoxy) is 1. The van der Waals surface area contributed by atoms with E-state index in [2.05, 4.69) is 6.92 Å². The molecule has 0 saturated heterocycles. The number of unbranched alkanes of at least 4 members (excludes halogenated alkanes) is 2. The van der Waals surface area contributed by atoms with Crippen LogP contribution in [0.25, 0.3) is 5.76 Å². The Hall–Kier alpha value is -1.31. The molecule has 1 aromatic carbocycles. The van der Waals surface area contributed by atoms with E-state index in [4.69, 9.17) is 4.74 Å². The number of hydrogen-bond acceptors (Lipinski definition) is 1. The Balaban J connectivity index is 2.59. The van der Waals surface area contributed by atoms with Gasteiger partial charge in [-0.1, -0.05) is 31.9 Å². The van der Waals surface area contributed by atoms with Crippen molar-refractivity contribution >= 4 is 5.76 Å². The van der Waals surface area contributed by atoms with E-state index in [0.717, 1.165) is 19.3 Å². The van der Waals surface area contributed by atoms with Crippen molar-refractivity contribution in [2.75, 3.05) is 6.61 Å². The van der Waals surface area contributed by atoms with Gasteiger partial charge in [-0.15, -0.1) is 0 Å². The van der Waals surface area contributed by atoms with E-state index in [0.29, 0.717) is 17.9 Å². The SMILES string of the molecule is CC=C(OCCCCC)c1ccccc1F. The fourth-order valence-electron chi connectivity index (χ4n) is 1.51. The number of halogens is 1. The normalized spacial score (nSPS) is 11.6. The summed E-state index contributed by atoms with van der Waals surface area (Å²) in [6, 6.07) is 6.69. The van der Waals surface area contributed by atoms with E-state index in [9.17, 15) is 4.39 Å². The highest BCUT2D eigenvalue weighted by atomic mass is 19.1. The first-order valence-corrected chi connectivity index (χ1v) is 5.83. The van der Waals surface area contributed by atoms with Crippen molar-refractivity contribution in [1.82, 2.24) is 0 Å². The van der Waals surface area contributed by atoms with Crippen LogP contribution in [0, 0.1) is 5.82 Å². The fraction of sp³-hybridized carbons (Fsp3) is 0.429. The molecule has 1 rings (SSSR count). The van der Waals surface area contributed by atoms with E-state index in [1.807, 2.05) is 19.1 Å². The van der Waals surface area contributed by atoms with Crippen LogP contribution in [0.2, 0.25) is 0 Å². The van der Waals surface area contributed by atoms with Gasteiger partial charge in [-0.2, -0.15) is 0 Å². The third-order valence-corrected chi connectivity index (χ3v) is 2.41. The molecule has 0 spiro atoms. The van der Waals surface area contributed by atoms with E-state index >= 15 is 0 Å². The molecule has 0 heterocycles. The van der Waals surface area contributed by atoms with Crippen LogP contribution in [0.1, 0.15) is 38.7 Å². The Morgan fingerprint density at radius 3 is 2.69 bits per heavy atom. The molecule has 16 heavy (non-hydrogen) atoms. The summed E-state index contributed by atoms with van der Waals surface area (Å²) in [6.07, 6.45) is 5.13. The first-order valence-electron chi connectivity index (χ1n) is 5.83. The van der Waals surface area contributed by atoms with Crippen LogP contribution in [-0.4, -0.2) is 6.61 Å². The summed E-state index contributed by atoms with van der Waals surface area (Å²) in [5.41, 5.74) is 0.543. The summed E-state index contributed by atoms with van der Waals surface area (Å²) >= 11 is 0. The molecule has 1 aromatic rings. The first-order chi connectivity index (χ1) is 7.79. The van der Waals surface area contributed by atoms with Crippen molar-refractivity contribution in [3.63, 3.8) is 0 Å². The third kappa shape index (κ3) is 3.69. The lowest BCUT2D eigenvalue weighted by atomic mass is 10.1. The van der Waals surface area contributed by atoms with Crippen LogP contribution >= 0.6 is 0 Å². The van der Waals surface area contributed by atoms with Gasteiger partial charge in [-0.05, 0) is 31.6 Å². The zero-order valence-corrected chi connectivity index (χ0v) is 10.0. The molecule has 1 nitrogen and oxygen atoms in total. The molecular formula is C14H19FO. The summed E-state index contributed by atoms with van der Waals surface area (Å²) in [7, 11) is 0. The van der Waals surface area contributed by atoms with Crippen LogP contribution in [0.15, 0.2) is 30.3 Å². The minimum absolute atomic E-state index is 0.230. The molecule has 0 unspecified atom stereocenters. The maximum absolute atomic E-state index is 13.5. The molecule has 0 fully saturated rings. The molecular weight excluding hydrogens is 203 g/mol. The fourth-order valence-corrected chi connectivity index (χ4v) is 1.51. The van der Waals surface area contributed by atoms with Gasteiger partial charge in [0.15, 0.2) is 0 Å². The highest BCUT2D eigenvalue weighted by Gasteiger charge is 2.06. The van der Waals surface area contributed by atoms with E-state index in [1.165, 1.54) is 6.07 Å². The lowest BCUT2D eigenvalue weighted by Gasteiger charge is -2.10.